The summed E-state index contributed by atoms with van der Waals surface area (Å²) in [5, 5.41) is 15.6. The lowest BCUT2D eigenvalue weighted by atomic mass is 10.2. The summed E-state index contributed by atoms with van der Waals surface area (Å²) >= 11 is 0. The molecule has 2 heterocycles. The van der Waals surface area contributed by atoms with Crippen molar-refractivity contribution in [1.82, 2.24) is 25.1 Å². The number of fused-ring (bicyclic) bond motifs is 1. The van der Waals surface area contributed by atoms with Gasteiger partial charge in [0.2, 0.25) is 5.88 Å². The van der Waals surface area contributed by atoms with E-state index in [9.17, 15) is 4.79 Å². The highest BCUT2D eigenvalue weighted by molar-refractivity contribution is 5.77. The number of aryl methyl sites for hydroxylation is 1. The molecule has 0 spiro atoms. The summed E-state index contributed by atoms with van der Waals surface area (Å²) in [5.41, 5.74) is 2.43. The van der Waals surface area contributed by atoms with Gasteiger partial charge >= 0.3 is 0 Å². The molecule has 9 heteroatoms. The largest absolute Gasteiger partial charge is 0.497 e. The van der Waals surface area contributed by atoms with E-state index in [1.807, 2.05) is 55.5 Å². The van der Waals surface area contributed by atoms with E-state index in [0.29, 0.717) is 29.6 Å². The van der Waals surface area contributed by atoms with Crippen molar-refractivity contribution in [2.75, 3.05) is 26.9 Å². The molecule has 0 radical (unpaired) electrons. The molecule has 0 aliphatic carbocycles. The van der Waals surface area contributed by atoms with Crippen LogP contribution in [0.5, 0.6) is 17.4 Å². The van der Waals surface area contributed by atoms with E-state index in [0.717, 1.165) is 16.9 Å². The molecular weight excluding hydrogens is 410 g/mol. The van der Waals surface area contributed by atoms with Crippen molar-refractivity contribution < 1.29 is 19.0 Å². The van der Waals surface area contributed by atoms with Gasteiger partial charge in [0.25, 0.3) is 5.91 Å². The van der Waals surface area contributed by atoms with Crippen molar-refractivity contribution >= 4 is 11.6 Å². The maximum Gasteiger partial charge on any atom is 0.258 e. The molecule has 0 bridgehead atoms. The number of benzene rings is 2. The van der Waals surface area contributed by atoms with Crippen molar-refractivity contribution in [2.24, 2.45) is 0 Å². The van der Waals surface area contributed by atoms with E-state index in [1.54, 1.807) is 23.8 Å². The smallest absolute Gasteiger partial charge is 0.258 e. The average Bonchev–Trinajstić information content (AvgIpc) is 3.24. The molecule has 4 aromatic rings. The third-order valence-corrected chi connectivity index (χ3v) is 4.71. The third kappa shape index (κ3) is 4.94. The lowest BCUT2D eigenvalue weighted by Crippen LogP contribution is -2.32. The predicted molar refractivity (Wildman–Crippen MR) is 118 cm³/mol. The van der Waals surface area contributed by atoms with Crippen LogP contribution in [0.2, 0.25) is 0 Å². The number of para-hydroxylation sites is 1. The molecule has 9 nitrogen and oxygen atoms in total. The second-order valence-corrected chi connectivity index (χ2v) is 6.95. The lowest BCUT2D eigenvalue weighted by molar-refractivity contribution is -0.123. The number of methoxy groups -OCH3 is 1. The highest BCUT2D eigenvalue weighted by Crippen LogP contribution is 2.22. The number of nitrogens with one attached hydrogen (secondary N) is 1. The molecule has 0 saturated carbocycles. The minimum Gasteiger partial charge on any atom is -0.497 e. The maximum absolute atomic E-state index is 12.0. The van der Waals surface area contributed by atoms with Crippen LogP contribution < -0.4 is 19.5 Å². The fourth-order valence-corrected chi connectivity index (χ4v) is 3.03. The quantitative estimate of drug-likeness (QED) is 0.405. The van der Waals surface area contributed by atoms with Gasteiger partial charge in [0.1, 0.15) is 18.1 Å². The Balaban J connectivity index is 1.30. The van der Waals surface area contributed by atoms with E-state index in [1.165, 1.54) is 0 Å². The number of nitrogens with zero attached hydrogens (tertiary/aromatic N) is 4. The Morgan fingerprint density at radius 2 is 1.81 bits per heavy atom. The monoisotopic (exact) mass is 433 g/mol. The number of ether oxygens (including phenoxy) is 3. The van der Waals surface area contributed by atoms with Crippen LogP contribution in [-0.4, -0.2) is 52.6 Å². The average molecular weight is 433 g/mol. The van der Waals surface area contributed by atoms with Gasteiger partial charge in [-0.05, 0) is 48.9 Å². The number of aromatic nitrogens is 4. The minimum absolute atomic E-state index is 0.0546. The second kappa shape index (κ2) is 9.78. The zero-order valence-electron chi connectivity index (χ0n) is 17.8. The van der Waals surface area contributed by atoms with Crippen LogP contribution >= 0.6 is 0 Å². The normalized spacial score (nSPS) is 10.7. The lowest BCUT2D eigenvalue weighted by Gasteiger charge is -2.10. The Kier molecular flexibility index (Phi) is 6.45. The van der Waals surface area contributed by atoms with Gasteiger partial charge in [-0.1, -0.05) is 18.2 Å². The highest BCUT2D eigenvalue weighted by Gasteiger charge is 2.11. The van der Waals surface area contributed by atoms with E-state index in [2.05, 4.69) is 20.6 Å². The number of amides is 1. The Morgan fingerprint density at radius 1 is 1.00 bits per heavy atom. The fraction of sp³-hybridized carbons (Fsp3) is 0.217. The van der Waals surface area contributed by atoms with E-state index in [-0.39, 0.29) is 19.1 Å². The molecular formula is C23H23N5O4. The topological polar surface area (TPSA) is 99.9 Å². The van der Waals surface area contributed by atoms with Crippen LogP contribution in [0.3, 0.4) is 0 Å². The standard InChI is InChI=1S/C23H23N5O4/c1-16-5-3-4-6-19(16)32-15-21(29)24-13-14-31-22-12-11-20-25-26-23(28(20)27-22)17-7-9-18(30-2)10-8-17/h3-12H,13-15H2,1-2H3,(H,24,29). The van der Waals surface area contributed by atoms with Crippen LogP contribution in [0.1, 0.15) is 5.56 Å². The van der Waals surface area contributed by atoms with Gasteiger partial charge in [-0.15, -0.1) is 15.3 Å². The Bertz CT molecular complexity index is 1210. The van der Waals surface area contributed by atoms with Crippen LogP contribution in [0, 0.1) is 6.92 Å². The van der Waals surface area contributed by atoms with Gasteiger partial charge in [0.15, 0.2) is 18.1 Å². The minimum atomic E-state index is -0.221. The van der Waals surface area contributed by atoms with E-state index < -0.39 is 0 Å². The zero-order valence-corrected chi connectivity index (χ0v) is 17.8. The summed E-state index contributed by atoms with van der Waals surface area (Å²) in [6.07, 6.45) is 0. The molecule has 4 rings (SSSR count). The summed E-state index contributed by atoms with van der Waals surface area (Å²) in [6, 6.07) is 18.5. The van der Waals surface area contributed by atoms with E-state index >= 15 is 0 Å². The van der Waals surface area contributed by atoms with Gasteiger partial charge < -0.3 is 19.5 Å². The highest BCUT2D eigenvalue weighted by atomic mass is 16.5. The third-order valence-electron chi connectivity index (χ3n) is 4.71. The molecule has 1 amide bonds. The van der Waals surface area contributed by atoms with Crippen molar-refractivity contribution in [2.45, 2.75) is 6.92 Å². The first-order valence-corrected chi connectivity index (χ1v) is 10.1. The summed E-state index contributed by atoms with van der Waals surface area (Å²) in [5.74, 6) is 2.22. The van der Waals surface area contributed by atoms with Crippen LogP contribution in [-0.2, 0) is 4.79 Å². The van der Waals surface area contributed by atoms with Crippen LogP contribution in [0.4, 0.5) is 0 Å². The number of hydrogen-bond donors (Lipinski definition) is 1. The van der Waals surface area contributed by atoms with Gasteiger partial charge in [-0.3, -0.25) is 4.79 Å². The van der Waals surface area contributed by atoms with Gasteiger partial charge in [-0.25, -0.2) is 0 Å². The Labute approximate surface area is 185 Å². The van der Waals surface area contributed by atoms with Gasteiger partial charge in [-0.2, -0.15) is 4.52 Å². The first-order valence-electron chi connectivity index (χ1n) is 10.1. The molecule has 0 fully saturated rings. The molecule has 32 heavy (non-hydrogen) atoms. The Morgan fingerprint density at radius 3 is 2.59 bits per heavy atom. The van der Waals surface area contributed by atoms with Crippen molar-refractivity contribution in [3.05, 3.63) is 66.2 Å². The zero-order chi connectivity index (χ0) is 22.3. The number of carbonyl (C=O) groups excluding carboxylic acids is 1. The molecule has 0 aliphatic rings. The molecule has 2 aromatic heterocycles. The first kappa shape index (κ1) is 21.1. The van der Waals surface area contributed by atoms with Gasteiger partial charge in [0, 0.05) is 11.6 Å². The summed E-state index contributed by atoms with van der Waals surface area (Å²) in [6.45, 7) is 2.46. The fourth-order valence-electron chi connectivity index (χ4n) is 3.03. The van der Waals surface area contributed by atoms with Crippen LogP contribution in [0.15, 0.2) is 60.7 Å². The second-order valence-electron chi connectivity index (χ2n) is 6.95. The molecule has 0 aliphatic heterocycles. The summed E-state index contributed by atoms with van der Waals surface area (Å²) < 4.78 is 18.0. The summed E-state index contributed by atoms with van der Waals surface area (Å²) in [7, 11) is 1.62. The van der Waals surface area contributed by atoms with Crippen LogP contribution in [0.25, 0.3) is 17.0 Å². The van der Waals surface area contributed by atoms with E-state index in [4.69, 9.17) is 14.2 Å². The molecule has 2 aromatic carbocycles. The van der Waals surface area contributed by atoms with Crippen molar-refractivity contribution in [3.8, 4) is 28.8 Å². The number of rotatable bonds is 9. The molecule has 1 N–H and O–H groups in total. The maximum atomic E-state index is 12.0. The predicted octanol–water partition coefficient (Wildman–Crippen LogP) is 2.68. The molecule has 0 atom stereocenters. The van der Waals surface area contributed by atoms with Gasteiger partial charge in [0.05, 0.1) is 13.7 Å². The molecule has 164 valence electrons. The first-order chi connectivity index (χ1) is 15.6. The molecule has 0 saturated heterocycles. The summed E-state index contributed by atoms with van der Waals surface area (Å²) in [4.78, 5) is 12.0. The number of hydrogen-bond acceptors (Lipinski definition) is 7. The molecule has 0 unspecified atom stereocenters. The van der Waals surface area contributed by atoms with Crippen molar-refractivity contribution in [1.29, 1.82) is 0 Å². The SMILES string of the molecule is COc1ccc(-c2nnc3ccc(OCCNC(=O)COc4ccccc4C)nn23)cc1. The number of carbonyl (C=O) groups is 1. The Hall–Kier alpha value is -4.14. The van der Waals surface area contributed by atoms with Crippen molar-refractivity contribution in [3.63, 3.8) is 0 Å².